The van der Waals surface area contributed by atoms with Gasteiger partial charge in [-0.2, -0.15) is 0 Å². The molecular formula is C18H26O2. The van der Waals surface area contributed by atoms with E-state index in [2.05, 4.69) is 52.8 Å². The maximum absolute atomic E-state index is 12.6. The van der Waals surface area contributed by atoms with Crippen molar-refractivity contribution in [2.45, 2.75) is 53.1 Å². The summed E-state index contributed by atoms with van der Waals surface area (Å²) < 4.78 is 6.02. The van der Waals surface area contributed by atoms with Crippen LogP contribution in [-0.2, 0) is 9.53 Å². The fraction of sp³-hybridized carbons (Fsp3) is 0.722. The highest BCUT2D eigenvalue weighted by Crippen LogP contribution is 2.61. The number of carbonyl (C=O) groups is 1. The minimum atomic E-state index is -0.296. The third-order valence-corrected chi connectivity index (χ3v) is 5.69. The van der Waals surface area contributed by atoms with Gasteiger partial charge < -0.3 is 4.74 Å². The lowest BCUT2D eigenvalue weighted by atomic mass is 9.91. The van der Waals surface area contributed by atoms with Gasteiger partial charge in [0.2, 0.25) is 0 Å². The van der Waals surface area contributed by atoms with Crippen molar-refractivity contribution in [3.05, 3.63) is 23.8 Å². The molecule has 2 saturated carbocycles. The Hall–Kier alpha value is -1.05. The minimum absolute atomic E-state index is 0.0107. The zero-order valence-corrected chi connectivity index (χ0v) is 13.3. The van der Waals surface area contributed by atoms with Gasteiger partial charge in [-0.15, -0.1) is 0 Å². The molecule has 0 aliphatic heterocycles. The largest absolute Gasteiger partial charge is 0.454 e. The molecule has 2 heteroatoms. The van der Waals surface area contributed by atoms with Crippen LogP contribution in [0.1, 0.15) is 47.5 Å². The Bertz CT molecular complexity index is 496. The summed E-state index contributed by atoms with van der Waals surface area (Å²) in [5.41, 5.74) is 1.04. The van der Waals surface area contributed by atoms with Gasteiger partial charge in [0.15, 0.2) is 0 Å². The van der Waals surface area contributed by atoms with Crippen LogP contribution in [0.15, 0.2) is 23.8 Å². The lowest BCUT2D eigenvalue weighted by Crippen LogP contribution is -2.36. The van der Waals surface area contributed by atoms with Crippen molar-refractivity contribution in [3.8, 4) is 0 Å². The average molecular weight is 274 g/mol. The highest BCUT2D eigenvalue weighted by molar-refractivity contribution is 5.79. The van der Waals surface area contributed by atoms with E-state index in [1.807, 2.05) is 0 Å². The van der Waals surface area contributed by atoms with E-state index in [0.717, 1.165) is 12.8 Å². The second-order valence-corrected chi connectivity index (χ2v) is 7.90. The van der Waals surface area contributed by atoms with Crippen LogP contribution in [0.3, 0.4) is 0 Å². The molecule has 0 radical (unpaired) electrons. The number of hydrogen-bond acceptors (Lipinski definition) is 2. The van der Waals surface area contributed by atoms with Crippen LogP contribution in [0, 0.1) is 29.1 Å². The summed E-state index contributed by atoms with van der Waals surface area (Å²) in [6.07, 6.45) is 8.78. The van der Waals surface area contributed by atoms with Crippen LogP contribution in [0.5, 0.6) is 0 Å². The summed E-state index contributed by atoms with van der Waals surface area (Å²) in [5, 5.41) is 0. The Morgan fingerprint density at radius 1 is 1.35 bits per heavy atom. The van der Waals surface area contributed by atoms with E-state index < -0.39 is 0 Å². The van der Waals surface area contributed by atoms with E-state index in [9.17, 15) is 4.79 Å². The maximum atomic E-state index is 12.6. The van der Waals surface area contributed by atoms with Crippen LogP contribution in [0.2, 0.25) is 0 Å². The standard InChI is InChI=1S/C18H26O2/c1-11(2)8-14-15(17(14,4)5)16(19)20-18-7-6-13(10-18)9-12(18)3/h6-8,12-15H,9-10H2,1-5H3. The first-order valence-electron chi connectivity index (χ1n) is 7.83. The first-order chi connectivity index (χ1) is 9.26. The van der Waals surface area contributed by atoms with Crippen molar-refractivity contribution >= 4 is 5.97 Å². The van der Waals surface area contributed by atoms with E-state index in [1.165, 1.54) is 5.57 Å². The van der Waals surface area contributed by atoms with Crippen LogP contribution in [0.25, 0.3) is 0 Å². The summed E-state index contributed by atoms with van der Waals surface area (Å²) in [7, 11) is 0. The van der Waals surface area contributed by atoms with E-state index in [0.29, 0.717) is 17.8 Å². The molecule has 2 nitrogen and oxygen atoms in total. The Kier molecular flexibility index (Phi) is 2.94. The molecule has 5 unspecified atom stereocenters. The Balaban J connectivity index is 1.72. The van der Waals surface area contributed by atoms with Gasteiger partial charge in [-0.25, -0.2) is 0 Å². The second kappa shape index (κ2) is 4.22. The molecule has 3 aliphatic carbocycles. The molecule has 5 atom stereocenters. The molecule has 0 aromatic carbocycles. The number of ether oxygens (including phenoxy) is 1. The smallest absolute Gasteiger partial charge is 0.311 e. The average Bonchev–Trinajstić information content (AvgIpc) is 2.63. The highest BCUT2D eigenvalue weighted by Gasteiger charge is 2.63. The number of rotatable bonds is 3. The zero-order valence-electron chi connectivity index (χ0n) is 13.3. The van der Waals surface area contributed by atoms with Crippen molar-refractivity contribution in [1.82, 2.24) is 0 Å². The van der Waals surface area contributed by atoms with Gasteiger partial charge in [0, 0.05) is 5.92 Å². The monoisotopic (exact) mass is 274 g/mol. The number of allylic oxidation sites excluding steroid dienone is 3. The summed E-state index contributed by atoms with van der Waals surface area (Å²) in [5.74, 6) is 1.47. The molecular weight excluding hydrogens is 248 g/mol. The quantitative estimate of drug-likeness (QED) is 0.571. The van der Waals surface area contributed by atoms with E-state index in [-0.39, 0.29) is 22.9 Å². The van der Waals surface area contributed by atoms with Gasteiger partial charge in [-0.3, -0.25) is 4.79 Å². The highest BCUT2D eigenvalue weighted by atomic mass is 16.6. The summed E-state index contributed by atoms with van der Waals surface area (Å²) in [6.45, 7) is 10.7. The van der Waals surface area contributed by atoms with E-state index >= 15 is 0 Å². The van der Waals surface area contributed by atoms with Crippen molar-refractivity contribution < 1.29 is 9.53 Å². The fourth-order valence-corrected chi connectivity index (χ4v) is 4.25. The molecule has 0 saturated heterocycles. The van der Waals surface area contributed by atoms with Gasteiger partial charge >= 0.3 is 5.97 Å². The predicted octanol–water partition coefficient (Wildman–Crippen LogP) is 4.12. The topological polar surface area (TPSA) is 26.3 Å². The zero-order chi connectivity index (χ0) is 14.7. The van der Waals surface area contributed by atoms with E-state index in [4.69, 9.17) is 4.74 Å². The van der Waals surface area contributed by atoms with Gasteiger partial charge in [-0.1, -0.05) is 38.5 Å². The van der Waals surface area contributed by atoms with Crippen molar-refractivity contribution in [2.24, 2.45) is 29.1 Å². The molecule has 3 aliphatic rings. The molecule has 0 spiro atoms. The van der Waals surface area contributed by atoms with Gasteiger partial charge in [0.25, 0.3) is 0 Å². The van der Waals surface area contributed by atoms with Crippen molar-refractivity contribution in [3.63, 3.8) is 0 Å². The third-order valence-electron chi connectivity index (χ3n) is 5.69. The number of carbonyl (C=O) groups excluding carboxylic acids is 1. The van der Waals surface area contributed by atoms with Crippen LogP contribution >= 0.6 is 0 Å². The molecule has 3 rings (SSSR count). The first kappa shape index (κ1) is 13.9. The lowest BCUT2D eigenvalue weighted by molar-refractivity contribution is -0.160. The number of hydrogen-bond donors (Lipinski definition) is 0. The number of esters is 1. The van der Waals surface area contributed by atoms with Gasteiger partial charge in [-0.05, 0) is 50.0 Å². The molecule has 2 fully saturated rings. The lowest BCUT2D eigenvalue weighted by Gasteiger charge is -2.30. The molecule has 0 N–H and O–H groups in total. The van der Waals surface area contributed by atoms with Crippen molar-refractivity contribution in [1.29, 1.82) is 0 Å². The summed E-state index contributed by atoms with van der Waals surface area (Å²) >= 11 is 0. The minimum Gasteiger partial charge on any atom is -0.454 e. The molecule has 0 heterocycles. The first-order valence-corrected chi connectivity index (χ1v) is 7.83. The molecule has 0 aromatic heterocycles. The Morgan fingerprint density at radius 2 is 2.05 bits per heavy atom. The SMILES string of the molecule is CC(C)=CC1C(C(=O)OC23C=CC(CC2C)C3)C1(C)C. The number of fused-ring (bicyclic) bond motifs is 2. The van der Waals surface area contributed by atoms with Gasteiger partial charge in [0.05, 0.1) is 5.92 Å². The second-order valence-electron chi connectivity index (χ2n) is 7.90. The van der Waals surface area contributed by atoms with Gasteiger partial charge in [0.1, 0.15) is 5.60 Å². The Morgan fingerprint density at radius 3 is 2.55 bits per heavy atom. The third kappa shape index (κ3) is 1.96. The fourth-order valence-electron chi connectivity index (χ4n) is 4.25. The molecule has 0 aromatic rings. The van der Waals surface area contributed by atoms with Crippen molar-refractivity contribution in [2.75, 3.05) is 0 Å². The van der Waals surface area contributed by atoms with Crippen LogP contribution < -0.4 is 0 Å². The predicted molar refractivity (Wildman–Crippen MR) is 80.0 cm³/mol. The Labute approximate surface area is 122 Å². The molecule has 20 heavy (non-hydrogen) atoms. The molecule has 0 amide bonds. The maximum Gasteiger partial charge on any atom is 0.311 e. The molecule has 2 bridgehead atoms. The van der Waals surface area contributed by atoms with Crippen LogP contribution in [0.4, 0.5) is 0 Å². The normalized spacial score (nSPS) is 43.5. The summed E-state index contributed by atoms with van der Waals surface area (Å²) in [6, 6.07) is 0. The van der Waals surface area contributed by atoms with Crippen LogP contribution in [-0.4, -0.2) is 11.6 Å². The summed E-state index contributed by atoms with van der Waals surface area (Å²) in [4.78, 5) is 12.6. The molecule has 110 valence electrons. The van der Waals surface area contributed by atoms with E-state index in [1.54, 1.807) is 0 Å².